The van der Waals surface area contributed by atoms with Crippen LogP contribution in [0.2, 0.25) is 0 Å². The van der Waals surface area contributed by atoms with E-state index in [2.05, 4.69) is 74.2 Å². The van der Waals surface area contributed by atoms with E-state index >= 15 is 0 Å². The minimum Gasteiger partial charge on any atom is -0.303 e. The van der Waals surface area contributed by atoms with E-state index in [0.29, 0.717) is 12.2 Å². The van der Waals surface area contributed by atoms with Gasteiger partial charge in [-0.2, -0.15) is 0 Å². The summed E-state index contributed by atoms with van der Waals surface area (Å²) in [5.74, 6) is 1.17. The zero-order chi connectivity index (χ0) is 26.5. The number of Topliss-reactive ketones (excluding diaryl/α,β-unsaturated/α-hetero) is 1. The zero-order valence-corrected chi connectivity index (χ0v) is 24.3. The molecule has 2 heteroatoms. The number of aryl methyl sites for hydroxylation is 3. The Bertz CT molecular complexity index is 774. The highest BCUT2D eigenvalue weighted by Crippen LogP contribution is 2.30. The van der Waals surface area contributed by atoms with Crippen molar-refractivity contribution >= 4 is 5.78 Å². The third kappa shape index (κ3) is 13.7. The molecule has 2 aromatic carbocycles. The smallest absolute Gasteiger partial charge is 0.132 e. The van der Waals surface area contributed by atoms with E-state index in [9.17, 15) is 4.79 Å². The molecule has 0 spiro atoms. The summed E-state index contributed by atoms with van der Waals surface area (Å²) in [6, 6.07) is 17.3. The summed E-state index contributed by atoms with van der Waals surface area (Å²) >= 11 is 0. The average molecular weight is 482 g/mol. The molecule has 35 heavy (non-hydrogen) atoms. The lowest BCUT2D eigenvalue weighted by Gasteiger charge is -2.32. The zero-order valence-electron chi connectivity index (χ0n) is 24.3. The summed E-state index contributed by atoms with van der Waals surface area (Å²) in [5.41, 5.74) is 5.76. The number of carbonyl (C=O) groups is 1. The lowest BCUT2D eigenvalue weighted by molar-refractivity contribution is -0.118. The van der Waals surface area contributed by atoms with Crippen LogP contribution in [0.5, 0.6) is 0 Å². The van der Waals surface area contributed by atoms with Crippen molar-refractivity contribution in [3.8, 4) is 0 Å². The largest absolute Gasteiger partial charge is 0.303 e. The highest BCUT2D eigenvalue weighted by atomic mass is 16.1. The molecule has 0 aliphatic carbocycles. The van der Waals surface area contributed by atoms with Gasteiger partial charge in [-0.3, -0.25) is 4.79 Å². The standard InChI is InChI=1S/C16H25N.C13H18O.2C2H6/c1-3-4-11-17-12-9-15(10-13-17)16-8-6-5-7-14(16)2;1-3-13(14)10-6-9-12-8-5-4-7-11(12)2;2*1-2/h5-8,15H,3-4,9-13H2,1-2H3;4-5,7-8H,3,6,9-10H2,1-2H3;2*1-2H3. The van der Waals surface area contributed by atoms with Crippen molar-refractivity contribution in [1.82, 2.24) is 4.90 Å². The first-order valence-corrected chi connectivity index (χ1v) is 14.4. The van der Waals surface area contributed by atoms with Gasteiger partial charge in [-0.25, -0.2) is 0 Å². The number of ketones is 1. The first-order chi connectivity index (χ1) is 17.0. The molecule has 2 nitrogen and oxygen atoms in total. The monoisotopic (exact) mass is 481 g/mol. The van der Waals surface area contributed by atoms with Gasteiger partial charge in [0.15, 0.2) is 0 Å². The van der Waals surface area contributed by atoms with Gasteiger partial charge in [0.2, 0.25) is 0 Å². The number of hydrogen-bond donors (Lipinski definition) is 0. The maximum Gasteiger partial charge on any atom is 0.132 e. The van der Waals surface area contributed by atoms with Crippen LogP contribution in [0.15, 0.2) is 48.5 Å². The van der Waals surface area contributed by atoms with Gasteiger partial charge in [-0.1, -0.05) is 96.5 Å². The quantitative estimate of drug-likeness (QED) is 0.355. The van der Waals surface area contributed by atoms with E-state index < -0.39 is 0 Å². The Labute approximate surface area is 218 Å². The molecule has 1 saturated heterocycles. The van der Waals surface area contributed by atoms with Gasteiger partial charge in [-0.15, -0.1) is 0 Å². The van der Waals surface area contributed by atoms with Gasteiger partial charge >= 0.3 is 0 Å². The second-order valence-electron chi connectivity index (χ2n) is 9.00. The van der Waals surface area contributed by atoms with Crippen molar-refractivity contribution in [2.45, 2.75) is 113 Å². The number of unbranched alkanes of at least 4 members (excludes halogenated alkanes) is 1. The Balaban J connectivity index is 0.000000587. The third-order valence-electron chi connectivity index (χ3n) is 6.60. The van der Waals surface area contributed by atoms with Crippen molar-refractivity contribution in [2.75, 3.05) is 19.6 Å². The number of hydrogen-bond acceptors (Lipinski definition) is 2. The molecule has 0 saturated carbocycles. The lowest BCUT2D eigenvalue weighted by atomic mass is 9.87. The molecule has 0 N–H and O–H groups in total. The average Bonchev–Trinajstić information content (AvgIpc) is 2.92. The topological polar surface area (TPSA) is 20.3 Å². The third-order valence-corrected chi connectivity index (χ3v) is 6.60. The van der Waals surface area contributed by atoms with Crippen molar-refractivity contribution < 1.29 is 4.79 Å². The normalized spacial score (nSPS) is 13.4. The molecule has 0 radical (unpaired) electrons. The van der Waals surface area contributed by atoms with Gasteiger partial charge < -0.3 is 4.90 Å². The van der Waals surface area contributed by atoms with E-state index in [4.69, 9.17) is 0 Å². The summed E-state index contributed by atoms with van der Waals surface area (Å²) in [7, 11) is 0. The van der Waals surface area contributed by atoms with Gasteiger partial charge in [0.1, 0.15) is 5.78 Å². The van der Waals surface area contributed by atoms with E-state index in [1.807, 2.05) is 34.6 Å². The molecule has 0 aromatic heterocycles. The molecule has 3 rings (SSSR count). The Morgan fingerprint density at radius 1 is 0.829 bits per heavy atom. The predicted molar refractivity (Wildman–Crippen MR) is 157 cm³/mol. The van der Waals surface area contributed by atoms with Crippen molar-refractivity contribution in [3.63, 3.8) is 0 Å². The summed E-state index contributed by atoms with van der Waals surface area (Å²) in [5, 5.41) is 0. The number of piperidine rings is 1. The highest BCUT2D eigenvalue weighted by molar-refractivity contribution is 5.77. The summed E-state index contributed by atoms with van der Waals surface area (Å²) in [6.45, 7) is 20.5. The van der Waals surface area contributed by atoms with Crippen molar-refractivity contribution in [2.24, 2.45) is 0 Å². The molecule has 198 valence electrons. The molecule has 0 unspecified atom stereocenters. The van der Waals surface area contributed by atoms with E-state index in [1.54, 1.807) is 5.56 Å². The van der Waals surface area contributed by atoms with Gasteiger partial charge in [0.25, 0.3) is 0 Å². The molecular formula is C33H55NO. The molecule has 0 atom stereocenters. The molecule has 1 aliphatic heterocycles. The molecule has 1 aliphatic rings. The van der Waals surface area contributed by atoms with Gasteiger partial charge in [0.05, 0.1) is 0 Å². The van der Waals surface area contributed by atoms with E-state index in [1.165, 1.54) is 62.0 Å². The lowest BCUT2D eigenvalue weighted by Crippen LogP contribution is -2.33. The first-order valence-electron chi connectivity index (χ1n) is 14.4. The molecule has 1 heterocycles. The van der Waals surface area contributed by atoms with Crippen LogP contribution >= 0.6 is 0 Å². The van der Waals surface area contributed by atoms with Crippen LogP contribution in [0.25, 0.3) is 0 Å². The SMILES string of the molecule is CC.CC.CCC(=O)CCCc1ccccc1C.CCCCN1CCC(c2ccccc2C)CC1. The highest BCUT2D eigenvalue weighted by Gasteiger charge is 2.20. The number of benzene rings is 2. The van der Waals surface area contributed by atoms with Gasteiger partial charge in [0, 0.05) is 12.8 Å². The number of carbonyl (C=O) groups excluding carboxylic acids is 1. The Morgan fingerprint density at radius 3 is 1.94 bits per heavy atom. The fourth-order valence-corrected chi connectivity index (χ4v) is 4.44. The van der Waals surface area contributed by atoms with Crippen LogP contribution in [0.3, 0.4) is 0 Å². The van der Waals surface area contributed by atoms with Crippen LogP contribution in [0.1, 0.15) is 115 Å². The van der Waals surface area contributed by atoms with Crippen molar-refractivity contribution in [3.05, 3.63) is 70.8 Å². The summed E-state index contributed by atoms with van der Waals surface area (Å²) in [4.78, 5) is 13.7. The number of likely N-dealkylation sites (tertiary alicyclic amines) is 1. The Kier molecular flexibility index (Phi) is 20.2. The van der Waals surface area contributed by atoms with E-state index in [-0.39, 0.29) is 0 Å². The van der Waals surface area contributed by atoms with Crippen LogP contribution in [0.4, 0.5) is 0 Å². The Morgan fingerprint density at radius 2 is 1.40 bits per heavy atom. The second kappa shape index (κ2) is 21.4. The van der Waals surface area contributed by atoms with Crippen LogP contribution in [-0.4, -0.2) is 30.3 Å². The minimum absolute atomic E-state index is 0.374. The first kappa shape index (κ1) is 33.1. The van der Waals surface area contributed by atoms with Crippen LogP contribution in [0, 0.1) is 13.8 Å². The molecule has 2 aromatic rings. The van der Waals surface area contributed by atoms with Crippen molar-refractivity contribution in [1.29, 1.82) is 0 Å². The summed E-state index contributed by atoms with van der Waals surface area (Å²) < 4.78 is 0. The van der Waals surface area contributed by atoms with Crippen LogP contribution < -0.4 is 0 Å². The predicted octanol–water partition coefficient (Wildman–Crippen LogP) is 9.32. The molecule has 0 amide bonds. The molecule has 0 bridgehead atoms. The van der Waals surface area contributed by atoms with Gasteiger partial charge in [-0.05, 0) is 93.8 Å². The Hall–Kier alpha value is -1.93. The molecular weight excluding hydrogens is 426 g/mol. The number of rotatable bonds is 9. The fraction of sp³-hybridized carbons (Fsp3) is 0.606. The summed E-state index contributed by atoms with van der Waals surface area (Å²) in [6.07, 6.45) is 8.77. The van der Waals surface area contributed by atoms with Crippen LogP contribution in [-0.2, 0) is 11.2 Å². The van der Waals surface area contributed by atoms with E-state index in [0.717, 1.165) is 25.2 Å². The second-order valence-corrected chi connectivity index (χ2v) is 9.00. The maximum atomic E-state index is 11.1. The maximum absolute atomic E-state index is 11.1. The fourth-order valence-electron chi connectivity index (χ4n) is 4.44. The molecule has 1 fully saturated rings. The minimum atomic E-state index is 0.374. The number of nitrogens with zero attached hydrogens (tertiary/aromatic N) is 1.